The number of nitrogens with zero attached hydrogens (tertiary/aromatic N) is 1. The monoisotopic (exact) mass is 286 g/mol. The van der Waals surface area contributed by atoms with Gasteiger partial charge in [-0.25, -0.2) is 0 Å². The first-order chi connectivity index (χ1) is 10.3. The first-order valence-electron chi connectivity index (χ1n) is 8.76. The summed E-state index contributed by atoms with van der Waals surface area (Å²) in [4.78, 5) is 0. The second-order valence-electron chi connectivity index (χ2n) is 6.32. The first-order valence-corrected chi connectivity index (χ1v) is 8.76. The Morgan fingerprint density at radius 2 is 1.62 bits per heavy atom. The molecule has 0 amide bonds. The van der Waals surface area contributed by atoms with E-state index in [2.05, 4.69) is 48.3 Å². The van der Waals surface area contributed by atoms with Crippen molar-refractivity contribution < 1.29 is 0 Å². The van der Waals surface area contributed by atoms with Crippen molar-refractivity contribution in [2.24, 2.45) is 0 Å². The van der Waals surface area contributed by atoms with Gasteiger partial charge in [0.1, 0.15) is 0 Å². The Morgan fingerprint density at radius 3 is 2.38 bits per heavy atom. The molecule has 21 heavy (non-hydrogen) atoms. The summed E-state index contributed by atoms with van der Waals surface area (Å²) >= 11 is 0. The lowest BCUT2D eigenvalue weighted by Crippen LogP contribution is -1.95. The molecule has 116 valence electrons. The molecule has 0 aliphatic carbocycles. The summed E-state index contributed by atoms with van der Waals surface area (Å²) in [5, 5.41) is 8.94. The van der Waals surface area contributed by atoms with Crippen LogP contribution in [0.25, 0.3) is 10.9 Å². The zero-order valence-corrected chi connectivity index (χ0v) is 13.7. The highest BCUT2D eigenvalue weighted by atomic mass is 15.1. The smallest absolute Gasteiger partial charge is 0.0923 e. The third-order valence-corrected chi connectivity index (χ3v) is 4.47. The van der Waals surface area contributed by atoms with Gasteiger partial charge in [0.15, 0.2) is 0 Å². The maximum atomic E-state index is 4.40. The summed E-state index contributed by atoms with van der Waals surface area (Å²) in [6, 6.07) is 8.41. The summed E-state index contributed by atoms with van der Waals surface area (Å²) < 4.78 is 0. The van der Waals surface area contributed by atoms with Crippen molar-refractivity contribution in [2.45, 2.75) is 77.6 Å². The van der Waals surface area contributed by atoms with E-state index in [4.69, 9.17) is 0 Å². The van der Waals surface area contributed by atoms with Crippen molar-refractivity contribution in [2.75, 3.05) is 0 Å². The van der Waals surface area contributed by atoms with Crippen LogP contribution in [0.3, 0.4) is 0 Å². The minimum Gasteiger partial charge on any atom is -0.281 e. The van der Waals surface area contributed by atoms with Gasteiger partial charge in [-0.2, -0.15) is 5.10 Å². The van der Waals surface area contributed by atoms with E-state index >= 15 is 0 Å². The molecule has 0 saturated heterocycles. The van der Waals surface area contributed by atoms with E-state index in [1.54, 1.807) is 0 Å². The summed E-state index contributed by atoms with van der Waals surface area (Å²) in [6.07, 6.45) is 12.4. The summed E-state index contributed by atoms with van der Waals surface area (Å²) in [5.41, 5.74) is 2.41. The van der Waals surface area contributed by atoms with Crippen LogP contribution in [0, 0.1) is 0 Å². The van der Waals surface area contributed by atoms with Gasteiger partial charge >= 0.3 is 0 Å². The number of unbranched alkanes of at least 4 members (excludes halogenated alkanes) is 7. The van der Waals surface area contributed by atoms with E-state index in [0.29, 0.717) is 5.92 Å². The standard InChI is InChI=1S/C19H30N2/c1-3-4-5-6-7-8-9-10-13-16(2)19-17-14-11-12-15-18(17)20-21-19/h11-12,14-16H,3-10,13H2,1-2H3,(H,20,21). The Bertz CT molecular complexity index is 515. The Kier molecular flexibility index (Phi) is 6.78. The van der Waals surface area contributed by atoms with Crippen molar-refractivity contribution in [1.29, 1.82) is 0 Å². The molecule has 0 bridgehead atoms. The number of hydrogen-bond donors (Lipinski definition) is 1. The second-order valence-corrected chi connectivity index (χ2v) is 6.32. The molecule has 1 heterocycles. The molecule has 0 radical (unpaired) electrons. The van der Waals surface area contributed by atoms with Crippen LogP contribution in [0.4, 0.5) is 0 Å². The van der Waals surface area contributed by atoms with Crippen LogP contribution >= 0.6 is 0 Å². The van der Waals surface area contributed by atoms with Crippen molar-refractivity contribution in [3.05, 3.63) is 30.0 Å². The normalized spacial score (nSPS) is 12.9. The van der Waals surface area contributed by atoms with Crippen LogP contribution in [-0.2, 0) is 0 Å². The first kappa shape index (κ1) is 16.1. The fourth-order valence-electron chi connectivity index (χ4n) is 3.08. The van der Waals surface area contributed by atoms with Crippen LogP contribution in [0.15, 0.2) is 24.3 Å². The van der Waals surface area contributed by atoms with Crippen molar-refractivity contribution >= 4 is 10.9 Å². The highest BCUT2D eigenvalue weighted by Gasteiger charge is 2.11. The summed E-state index contributed by atoms with van der Waals surface area (Å²) in [7, 11) is 0. The molecule has 1 aromatic heterocycles. The SMILES string of the molecule is CCCCCCCCCCC(C)c1[nH]nc2ccccc12. The molecular formula is C19H30N2. The lowest BCUT2D eigenvalue weighted by Gasteiger charge is -2.09. The molecule has 2 aromatic rings. The minimum atomic E-state index is 0.581. The molecule has 0 saturated carbocycles. The minimum absolute atomic E-state index is 0.581. The molecule has 0 fully saturated rings. The Labute approximate surface area is 129 Å². The number of hydrogen-bond acceptors (Lipinski definition) is 1. The number of benzene rings is 1. The zero-order chi connectivity index (χ0) is 14.9. The predicted molar refractivity (Wildman–Crippen MR) is 91.7 cm³/mol. The molecule has 0 aliphatic rings. The van der Waals surface area contributed by atoms with Gasteiger partial charge < -0.3 is 0 Å². The van der Waals surface area contributed by atoms with E-state index in [-0.39, 0.29) is 0 Å². The molecule has 1 atom stereocenters. The maximum absolute atomic E-state index is 4.40. The van der Waals surface area contributed by atoms with Gasteiger partial charge in [0, 0.05) is 11.1 Å². The van der Waals surface area contributed by atoms with Crippen molar-refractivity contribution in [1.82, 2.24) is 10.2 Å². The van der Waals surface area contributed by atoms with Crippen LogP contribution in [0.2, 0.25) is 0 Å². The van der Waals surface area contributed by atoms with E-state index in [0.717, 1.165) is 5.52 Å². The molecule has 0 aliphatic heterocycles. The Balaban J connectivity index is 1.67. The van der Waals surface area contributed by atoms with E-state index in [1.165, 1.54) is 68.9 Å². The van der Waals surface area contributed by atoms with E-state index in [1.807, 2.05) is 0 Å². The Hall–Kier alpha value is -1.31. The molecular weight excluding hydrogens is 256 g/mol. The molecule has 2 nitrogen and oxygen atoms in total. The van der Waals surface area contributed by atoms with Gasteiger partial charge in [0.2, 0.25) is 0 Å². The topological polar surface area (TPSA) is 28.7 Å². The predicted octanol–water partition coefficient (Wildman–Crippen LogP) is 6.20. The van der Waals surface area contributed by atoms with Gasteiger partial charge in [-0.15, -0.1) is 0 Å². The molecule has 1 aromatic carbocycles. The van der Waals surface area contributed by atoms with Crippen LogP contribution in [-0.4, -0.2) is 10.2 Å². The largest absolute Gasteiger partial charge is 0.281 e. The Morgan fingerprint density at radius 1 is 0.952 bits per heavy atom. The number of aromatic amines is 1. The van der Waals surface area contributed by atoms with Crippen LogP contribution in [0.5, 0.6) is 0 Å². The summed E-state index contributed by atoms with van der Waals surface area (Å²) in [5.74, 6) is 0.581. The maximum Gasteiger partial charge on any atom is 0.0923 e. The van der Waals surface area contributed by atoms with E-state index < -0.39 is 0 Å². The zero-order valence-electron chi connectivity index (χ0n) is 13.7. The lowest BCUT2D eigenvalue weighted by molar-refractivity contribution is 0.540. The highest BCUT2D eigenvalue weighted by Crippen LogP contribution is 2.27. The van der Waals surface area contributed by atoms with Crippen molar-refractivity contribution in [3.63, 3.8) is 0 Å². The lowest BCUT2D eigenvalue weighted by atomic mass is 9.97. The van der Waals surface area contributed by atoms with Gasteiger partial charge in [-0.3, -0.25) is 5.10 Å². The van der Waals surface area contributed by atoms with E-state index in [9.17, 15) is 0 Å². The average Bonchev–Trinajstić information content (AvgIpc) is 2.94. The third kappa shape index (κ3) is 4.87. The van der Waals surface area contributed by atoms with Crippen LogP contribution < -0.4 is 0 Å². The summed E-state index contributed by atoms with van der Waals surface area (Å²) in [6.45, 7) is 4.60. The number of para-hydroxylation sites is 1. The quantitative estimate of drug-likeness (QED) is 0.518. The molecule has 2 heteroatoms. The second kappa shape index (κ2) is 8.86. The highest BCUT2D eigenvalue weighted by molar-refractivity contribution is 5.81. The van der Waals surface area contributed by atoms with Gasteiger partial charge in [-0.1, -0.05) is 83.4 Å². The fourth-order valence-corrected chi connectivity index (χ4v) is 3.08. The third-order valence-electron chi connectivity index (χ3n) is 4.47. The van der Waals surface area contributed by atoms with Crippen LogP contribution in [0.1, 0.15) is 83.2 Å². The average molecular weight is 286 g/mol. The van der Waals surface area contributed by atoms with Gasteiger partial charge in [0.25, 0.3) is 0 Å². The number of fused-ring (bicyclic) bond motifs is 1. The number of aromatic nitrogens is 2. The molecule has 2 rings (SSSR count). The molecule has 1 N–H and O–H groups in total. The van der Waals surface area contributed by atoms with Gasteiger partial charge in [0.05, 0.1) is 5.52 Å². The number of H-pyrrole nitrogens is 1. The fraction of sp³-hybridized carbons (Fsp3) is 0.632. The molecule has 0 spiro atoms. The number of nitrogens with one attached hydrogen (secondary N) is 1. The number of rotatable bonds is 10. The van der Waals surface area contributed by atoms with Crippen molar-refractivity contribution in [3.8, 4) is 0 Å². The molecule has 1 unspecified atom stereocenters. The van der Waals surface area contributed by atoms with Gasteiger partial charge in [-0.05, 0) is 18.4 Å².